The Bertz CT molecular complexity index is 1850. The van der Waals surface area contributed by atoms with Crippen LogP contribution >= 0.6 is 15.6 Å². The fourth-order valence-corrected chi connectivity index (χ4v) is 12.9. The van der Waals surface area contributed by atoms with Crippen LogP contribution < -0.4 is 0 Å². The highest BCUT2D eigenvalue weighted by Gasteiger charge is 2.30. The molecule has 0 aromatic rings. The summed E-state index contributed by atoms with van der Waals surface area (Å²) in [6.45, 7) is 14.1. The summed E-state index contributed by atoms with van der Waals surface area (Å²) in [6.07, 6.45) is 48.9. The number of phosphoric acid groups is 2. The van der Waals surface area contributed by atoms with Gasteiger partial charge in [-0.05, 0) is 49.4 Å². The Morgan fingerprint density at radius 2 is 0.511 bits per heavy atom. The van der Waals surface area contributed by atoms with E-state index in [-0.39, 0.29) is 25.7 Å². The third-order valence-corrected chi connectivity index (χ3v) is 19.6. The Morgan fingerprint density at radius 1 is 0.298 bits per heavy atom. The number of aliphatic hydroxyl groups excluding tert-OH is 1. The zero-order chi connectivity index (χ0) is 69.6. The molecule has 0 spiro atoms. The molecule has 0 aromatic carbocycles. The molecule has 0 radical (unpaired) electrons. The topological polar surface area (TPSA) is 237 Å². The van der Waals surface area contributed by atoms with Gasteiger partial charge in [0.25, 0.3) is 0 Å². The average molecular weight is 1380 g/mol. The Balaban J connectivity index is 5.15. The molecular weight excluding hydrogens is 1230 g/mol. The molecule has 94 heavy (non-hydrogen) atoms. The fourth-order valence-electron chi connectivity index (χ4n) is 11.3. The van der Waals surface area contributed by atoms with Crippen molar-refractivity contribution in [3.05, 3.63) is 0 Å². The summed E-state index contributed by atoms with van der Waals surface area (Å²) in [5.74, 6) is 0.886. The summed E-state index contributed by atoms with van der Waals surface area (Å²) in [5, 5.41) is 10.6. The lowest BCUT2D eigenvalue weighted by Crippen LogP contribution is -2.30. The third kappa shape index (κ3) is 67.3. The Labute approximate surface area is 575 Å². The predicted molar refractivity (Wildman–Crippen MR) is 381 cm³/mol. The van der Waals surface area contributed by atoms with Crippen LogP contribution in [0.5, 0.6) is 0 Å². The highest BCUT2D eigenvalue weighted by atomic mass is 31.2. The molecule has 17 nitrogen and oxygen atoms in total. The highest BCUT2D eigenvalue weighted by Crippen LogP contribution is 2.45. The van der Waals surface area contributed by atoms with Gasteiger partial charge in [0.1, 0.15) is 19.3 Å². The monoisotopic (exact) mass is 1380 g/mol. The molecule has 0 fully saturated rings. The van der Waals surface area contributed by atoms with Gasteiger partial charge in [0.2, 0.25) is 0 Å². The molecule has 0 aromatic heterocycles. The van der Waals surface area contributed by atoms with Crippen LogP contribution in [0.3, 0.4) is 0 Å². The van der Waals surface area contributed by atoms with Crippen LogP contribution in [0.1, 0.15) is 376 Å². The van der Waals surface area contributed by atoms with E-state index in [1.54, 1.807) is 0 Å². The van der Waals surface area contributed by atoms with Crippen molar-refractivity contribution in [2.24, 2.45) is 23.7 Å². The molecule has 0 heterocycles. The number of rotatable bonds is 72. The zero-order valence-electron chi connectivity index (χ0n) is 61.6. The van der Waals surface area contributed by atoms with Crippen LogP contribution in [0, 0.1) is 23.7 Å². The number of ether oxygens (including phenoxy) is 4. The second-order valence-corrected chi connectivity index (χ2v) is 31.6. The maximum atomic E-state index is 13.0. The minimum Gasteiger partial charge on any atom is -0.462 e. The Morgan fingerprint density at radius 3 is 0.755 bits per heavy atom. The van der Waals surface area contributed by atoms with Gasteiger partial charge in [-0.3, -0.25) is 37.3 Å². The molecule has 0 saturated carbocycles. The van der Waals surface area contributed by atoms with Crippen molar-refractivity contribution in [1.29, 1.82) is 0 Å². The minimum absolute atomic E-state index is 0.104. The molecular formula is C75H146O17P2. The number of phosphoric ester groups is 2. The molecule has 0 rings (SSSR count). The van der Waals surface area contributed by atoms with Crippen LogP contribution in [0.15, 0.2) is 0 Å². The Kier molecular flexibility index (Phi) is 63.1. The van der Waals surface area contributed by atoms with Crippen molar-refractivity contribution < 1.29 is 80.2 Å². The van der Waals surface area contributed by atoms with Gasteiger partial charge in [-0.25, -0.2) is 9.13 Å². The van der Waals surface area contributed by atoms with Gasteiger partial charge in [-0.2, -0.15) is 0 Å². The molecule has 0 bridgehead atoms. The first-order chi connectivity index (χ1) is 45.1. The molecule has 0 aliphatic heterocycles. The predicted octanol–water partition coefficient (Wildman–Crippen LogP) is 21.7. The third-order valence-electron chi connectivity index (χ3n) is 17.7. The van der Waals surface area contributed by atoms with E-state index in [2.05, 4.69) is 55.4 Å². The largest absolute Gasteiger partial charge is 0.472 e. The normalized spacial score (nSPS) is 14.4. The molecule has 4 unspecified atom stereocenters. The van der Waals surface area contributed by atoms with Crippen LogP contribution in [0.25, 0.3) is 0 Å². The minimum atomic E-state index is -4.95. The SMILES string of the molecule is CCC(C)CCCCCCCCCCCCCCCCCCCCC(=O)O[C@H](COC(=O)CCCCCCCCC(C)C)COP(=O)(O)OCC(O)COP(=O)(O)OC[C@@H](COC(=O)CCCCCCCCCCC(C)C)OC(=O)CCCCCCCCCCCC(C)C. The van der Waals surface area contributed by atoms with E-state index in [0.717, 1.165) is 114 Å². The quantitative estimate of drug-likeness (QED) is 0.0222. The van der Waals surface area contributed by atoms with Gasteiger partial charge >= 0.3 is 39.5 Å². The molecule has 19 heteroatoms. The molecule has 0 amide bonds. The van der Waals surface area contributed by atoms with Crippen molar-refractivity contribution in [2.45, 2.75) is 395 Å². The van der Waals surface area contributed by atoms with E-state index in [1.807, 2.05) is 0 Å². The van der Waals surface area contributed by atoms with Gasteiger partial charge in [0.15, 0.2) is 12.2 Å². The second kappa shape index (κ2) is 64.4. The number of carbonyl (C=O) groups excluding carboxylic acids is 4. The average Bonchev–Trinajstić information content (AvgIpc) is 1.42. The molecule has 3 N–H and O–H groups in total. The van der Waals surface area contributed by atoms with Crippen LogP contribution in [0.4, 0.5) is 0 Å². The number of aliphatic hydroxyl groups is 1. The number of hydrogen-bond acceptors (Lipinski definition) is 15. The maximum absolute atomic E-state index is 13.0. The van der Waals surface area contributed by atoms with Crippen LogP contribution in [-0.4, -0.2) is 96.7 Å². The van der Waals surface area contributed by atoms with Gasteiger partial charge in [0.05, 0.1) is 26.4 Å². The second-order valence-electron chi connectivity index (χ2n) is 28.7. The van der Waals surface area contributed by atoms with Gasteiger partial charge in [0, 0.05) is 25.7 Å². The van der Waals surface area contributed by atoms with E-state index in [0.29, 0.717) is 31.6 Å². The van der Waals surface area contributed by atoms with Gasteiger partial charge < -0.3 is 33.8 Å². The number of hydrogen-bond donors (Lipinski definition) is 3. The maximum Gasteiger partial charge on any atom is 0.472 e. The van der Waals surface area contributed by atoms with E-state index in [9.17, 15) is 43.2 Å². The summed E-state index contributed by atoms with van der Waals surface area (Å²) < 4.78 is 68.4. The molecule has 0 aliphatic carbocycles. The summed E-state index contributed by atoms with van der Waals surface area (Å²) in [7, 11) is -9.91. The molecule has 6 atom stereocenters. The van der Waals surface area contributed by atoms with E-state index < -0.39 is 97.5 Å². The molecule has 0 aliphatic rings. The standard InChI is InChI=1S/C75H146O17P2/c1-9-68(8)54-46-38-29-22-18-16-14-12-10-11-13-15-17-19-23-31-41-49-57-74(79)92-71(62-86-73(78)56-48-40-34-33-37-45-53-67(6)7)64-90-94(83,84)88-60-69(76)59-87-93(81,82)89-63-70(61-85-72(77)55-47-39-30-26-25-28-36-44-52-66(4)5)91-75(80)58-50-42-32-24-20-21-27-35-43-51-65(2)3/h65-71,76H,9-64H2,1-8H3,(H,81,82)(H,83,84)/t68?,69?,70-,71-/m1/s1. The first-order valence-corrected chi connectivity index (χ1v) is 41.7. The first-order valence-electron chi connectivity index (χ1n) is 38.7. The summed E-state index contributed by atoms with van der Waals surface area (Å²) in [4.78, 5) is 72.6. The van der Waals surface area contributed by atoms with E-state index in [1.165, 1.54) is 173 Å². The van der Waals surface area contributed by atoms with Crippen LogP contribution in [-0.2, 0) is 65.4 Å². The molecule has 558 valence electrons. The summed E-state index contributed by atoms with van der Waals surface area (Å²) >= 11 is 0. The number of unbranched alkanes of at least 4 members (excludes halogenated alkanes) is 37. The smallest absolute Gasteiger partial charge is 0.462 e. The fraction of sp³-hybridized carbons (Fsp3) is 0.947. The van der Waals surface area contributed by atoms with Crippen molar-refractivity contribution in [2.75, 3.05) is 39.6 Å². The Hall–Kier alpha value is -1.94. The lowest BCUT2D eigenvalue weighted by atomic mass is 9.99. The summed E-state index contributed by atoms with van der Waals surface area (Å²) in [6, 6.07) is 0. The number of carbonyl (C=O) groups is 4. The van der Waals surface area contributed by atoms with Crippen molar-refractivity contribution >= 4 is 39.5 Å². The highest BCUT2D eigenvalue weighted by molar-refractivity contribution is 7.47. The molecule has 0 saturated heterocycles. The van der Waals surface area contributed by atoms with Crippen molar-refractivity contribution in [1.82, 2.24) is 0 Å². The van der Waals surface area contributed by atoms with E-state index in [4.69, 9.17) is 37.0 Å². The lowest BCUT2D eigenvalue weighted by Gasteiger charge is -2.21. The van der Waals surface area contributed by atoms with Crippen molar-refractivity contribution in [3.63, 3.8) is 0 Å². The van der Waals surface area contributed by atoms with Crippen LogP contribution in [0.2, 0.25) is 0 Å². The van der Waals surface area contributed by atoms with Gasteiger partial charge in [-0.15, -0.1) is 0 Å². The van der Waals surface area contributed by atoms with E-state index >= 15 is 0 Å². The lowest BCUT2D eigenvalue weighted by molar-refractivity contribution is -0.161. The first kappa shape index (κ1) is 92.1. The zero-order valence-corrected chi connectivity index (χ0v) is 63.4. The van der Waals surface area contributed by atoms with Crippen molar-refractivity contribution in [3.8, 4) is 0 Å². The summed E-state index contributed by atoms with van der Waals surface area (Å²) in [5.41, 5.74) is 0. The van der Waals surface area contributed by atoms with Gasteiger partial charge in [-0.1, -0.05) is 325 Å². The number of esters is 4.